The minimum absolute atomic E-state index is 0.00832. The topological polar surface area (TPSA) is 121 Å². The Balaban J connectivity index is 1.88. The first-order chi connectivity index (χ1) is 21.3. The number of nitrogens with two attached hydrogens (primary N) is 1. The standard InChI is InChI=1S/C31H28Cl5N7O2/c1-5-19(44)41-8-10-42(11-9-41)29-16-12-18(32)27(20-21(33)22(34)23(35)24(36)25(20)38)40-30(16)43(31(45)17(29)13-37)28-15(4)6-7-39-26(28)14(2)3/h5-7,12,14-15,28H,1,8-11,38H2,2-4H3/t15-,28?/m1/s1. The average Bonchev–Trinajstić information content (AvgIpc) is 3.02. The number of nitrogen functional groups attached to an aromatic ring is 1. The van der Waals surface area contributed by atoms with Crippen molar-refractivity contribution in [1.82, 2.24) is 14.5 Å². The third-order valence-electron chi connectivity index (χ3n) is 8.13. The second kappa shape index (κ2) is 12.9. The molecule has 2 aliphatic heterocycles. The molecule has 1 unspecified atom stereocenters. The fourth-order valence-electron chi connectivity index (χ4n) is 5.89. The quantitative estimate of drug-likeness (QED) is 0.128. The maximum Gasteiger partial charge on any atom is 0.272 e. The minimum atomic E-state index is -0.569. The maximum atomic E-state index is 14.5. The number of fused-ring (bicyclic) bond motifs is 1. The molecule has 2 aromatic heterocycles. The molecular formula is C31H28Cl5N7O2. The lowest BCUT2D eigenvalue weighted by atomic mass is 9.88. The van der Waals surface area contributed by atoms with Crippen LogP contribution in [-0.4, -0.2) is 52.2 Å². The Kier molecular flexibility index (Phi) is 9.46. The minimum Gasteiger partial charge on any atom is -0.397 e. The molecule has 5 rings (SSSR count). The van der Waals surface area contributed by atoms with E-state index < -0.39 is 11.6 Å². The van der Waals surface area contributed by atoms with E-state index in [1.54, 1.807) is 17.2 Å². The third kappa shape index (κ3) is 5.57. The summed E-state index contributed by atoms with van der Waals surface area (Å²) in [5, 5.41) is 10.9. The summed E-state index contributed by atoms with van der Waals surface area (Å²) in [6, 6.07) is 3.21. The number of carbonyl (C=O) groups is 1. The van der Waals surface area contributed by atoms with E-state index in [9.17, 15) is 14.9 Å². The fourth-order valence-corrected chi connectivity index (χ4v) is 7.09. The fraction of sp³-hybridized carbons (Fsp3) is 0.323. The number of rotatable bonds is 5. The van der Waals surface area contributed by atoms with E-state index in [1.165, 1.54) is 10.6 Å². The van der Waals surface area contributed by atoms with E-state index in [0.29, 0.717) is 37.3 Å². The van der Waals surface area contributed by atoms with Crippen molar-refractivity contribution in [3.63, 3.8) is 0 Å². The van der Waals surface area contributed by atoms with Gasteiger partial charge < -0.3 is 15.5 Å². The maximum absolute atomic E-state index is 14.5. The molecule has 0 aliphatic carbocycles. The summed E-state index contributed by atoms with van der Waals surface area (Å²) in [7, 11) is 0. The molecule has 0 saturated carbocycles. The van der Waals surface area contributed by atoms with Crippen molar-refractivity contribution in [2.75, 3.05) is 36.8 Å². The number of aromatic nitrogens is 2. The number of aliphatic imine (C=N–C) groups is 1. The number of piperazine rings is 1. The number of amides is 1. The first-order valence-electron chi connectivity index (χ1n) is 14.0. The number of nitrogens with zero attached hydrogens (tertiary/aromatic N) is 6. The second-order valence-corrected chi connectivity index (χ2v) is 13.0. The summed E-state index contributed by atoms with van der Waals surface area (Å²) in [6.45, 7) is 11.0. The van der Waals surface area contributed by atoms with Gasteiger partial charge in [-0.05, 0) is 18.1 Å². The number of carbonyl (C=O) groups excluding carboxylic acids is 1. The Morgan fingerprint density at radius 2 is 1.76 bits per heavy atom. The highest BCUT2D eigenvalue weighted by Crippen LogP contribution is 2.49. The van der Waals surface area contributed by atoms with E-state index in [0.717, 1.165) is 5.71 Å². The van der Waals surface area contributed by atoms with Crippen molar-refractivity contribution in [2.24, 2.45) is 16.8 Å². The molecular weight excluding hydrogens is 680 g/mol. The Morgan fingerprint density at radius 1 is 1.11 bits per heavy atom. The Morgan fingerprint density at radius 3 is 2.36 bits per heavy atom. The zero-order valence-corrected chi connectivity index (χ0v) is 28.3. The Labute approximate surface area is 285 Å². The van der Waals surface area contributed by atoms with Gasteiger partial charge in [0.15, 0.2) is 0 Å². The van der Waals surface area contributed by atoms with Crippen molar-refractivity contribution in [3.8, 4) is 17.3 Å². The summed E-state index contributed by atoms with van der Waals surface area (Å²) in [5.74, 6) is -0.407. The van der Waals surface area contributed by atoms with Crippen LogP contribution in [0.4, 0.5) is 11.4 Å². The van der Waals surface area contributed by atoms with Crippen LogP contribution in [0, 0.1) is 23.2 Å². The van der Waals surface area contributed by atoms with Gasteiger partial charge in [0.1, 0.15) is 17.3 Å². The molecule has 0 bridgehead atoms. The van der Waals surface area contributed by atoms with Gasteiger partial charge in [0.25, 0.3) is 5.56 Å². The van der Waals surface area contributed by atoms with Crippen LogP contribution in [0.2, 0.25) is 25.1 Å². The lowest BCUT2D eigenvalue weighted by molar-refractivity contribution is -0.126. The van der Waals surface area contributed by atoms with Crippen molar-refractivity contribution in [3.05, 3.63) is 72.0 Å². The molecule has 234 valence electrons. The number of benzene rings is 1. The molecule has 45 heavy (non-hydrogen) atoms. The average molecular weight is 708 g/mol. The molecule has 14 heteroatoms. The molecule has 1 fully saturated rings. The first-order valence-corrected chi connectivity index (χ1v) is 15.9. The zero-order chi connectivity index (χ0) is 32.9. The summed E-state index contributed by atoms with van der Waals surface area (Å²) >= 11 is 32.7. The number of hydrogen-bond acceptors (Lipinski definition) is 7. The predicted octanol–water partition coefficient (Wildman–Crippen LogP) is 7.42. The van der Waals surface area contributed by atoms with Crippen LogP contribution in [0.1, 0.15) is 32.4 Å². The number of allylic oxidation sites excluding steroid dienone is 1. The van der Waals surface area contributed by atoms with Crippen LogP contribution in [0.25, 0.3) is 22.3 Å². The van der Waals surface area contributed by atoms with Gasteiger partial charge in [-0.2, -0.15) is 5.26 Å². The predicted molar refractivity (Wildman–Crippen MR) is 184 cm³/mol. The molecule has 2 aliphatic rings. The summed E-state index contributed by atoms with van der Waals surface area (Å²) < 4.78 is 1.50. The molecule has 2 N–H and O–H groups in total. The van der Waals surface area contributed by atoms with Gasteiger partial charge in [0.2, 0.25) is 5.91 Å². The number of halogens is 5. The highest BCUT2D eigenvalue weighted by molar-refractivity contribution is 6.54. The zero-order valence-electron chi connectivity index (χ0n) is 24.5. The van der Waals surface area contributed by atoms with Crippen LogP contribution < -0.4 is 16.2 Å². The summed E-state index contributed by atoms with van der Waals surface area (Å²) in [4.78, 5) is 39.9. The highest BCUT2D eigenvalue weighted by atomic mass is 35.5. The van der Waals surface area contributed by atoms with Gasteiger partial charge in [0, 0.05) is 55.0 Å². The molecule has 9 nitrogen and oxygen atoms in total. The number of anilines is 2. The number of hydrogen-bond donors (Lipinski definition) is 1. The SMILES string of the molecule is C=CC(=O)N1CCN(c2c(C#N)c(=O)n(C3C(C(C)C)=NC=C[C@H]3C)c3nc(-c4c(N)c(Cl)c(Cl)c(Cl)c4Cl)c(Cl)cc23)CC1. The molecule has 0 radical (unpaired) electrons. The number of pyridine rings is 2. The summed E-state index contributed by atoms with van der Waals surface area (Å²) in [5.41, 5.74) is 7.40. The van der Waals surface area contributed by atoms with E-state index >= 15 is 0 Å². The molecule has 1 saturated heterocycles. The molecule has 1 amide bonds. The van der Waals surface area contributed by atoms with Crippen LogP contribution in [0.5, 0.6) is 0 Å². The van der Waals surface area contributed by atoms with Crippen molar-refractivity contribution < 1.29 is 4.79 Å². The van der Waals surface area contributed by atoms with Gasteiger partial charge >= 0.3 is 0 Å². The smallest absolute Gasteiger partial charge is 0.272 e. The highest BCUT2D eigenvalue weighted by Gasteiger charge is 2.35. The van der Waals surface area contributed by atoms with E-state index in [4.69, 9.17) is 68.7 Å². The molecule has 2 atom stereocenters. The monoisotopic (exact) mass is 705 g/mol. The van der Waals surface area contributed by atoms with Crippen LogP contribution in [0.3, 0.4) is 0 Å². The molecule has 4 heterocycles. The van der Waals surface area contributed by atoms with Gasteiger partial charge in [0.05, 0.1) is 48.2 Å². The van der Waals surface area contributed by atoms with E-state index in [2.05, 4.69) is 17.6 Å². The lowest BCUT2D eigenvalue weighted by Crippen LogP contribution is -2.49. The van der Waals surface area contributed by atoms with Crippen molar-refractivity contribution in [1.29, 1.82) is 5.26 Å². The molecule has 3 aromatic rings. The van der Waals surface area contributed by atoms with Gasteiger partial charge in [-0.3, -0.25) is 19.1 Å². The Hall–Kier alpha value is -3.26. The normalized spacial score (nSPS) is 18.4. The van der Waals surface area contributed by atoms with Crippen LogP contribution in [-0.2, 0) is 4.79 Å². The van der Waals surface area contributed by atoms with Gasteiger partial charge in [-0.25, -0.2) is 4.98 Å². The third-order valence-corrected chi connectivity index (χ3v) is 10.2. The Bertz CT molecular complexity index is 1890. The van der Waals surface area contributed by atoms with Gasteiger partial charge in [-0.1, -0.05) is 91.4 Å². The van der Waals surface area contributed by atoms with Crippen LogP contribution in [0.15, 0.2) is 40.8 Å². The van der Waals surface area contributed by atoms with E-state index in [-0.39, 0.29) is 71.0 Å². The van der Waals surface area contributed by atoms with Crippen LogP contribution >= 0.6 is 58.0 Å². The van der Waals surface area contributed by atoms with Crippen molar-refractivity contribution >= 4 is 92.0 Å². The lowest BCUT2D eigenvalue weighted by Gasteiger charge is -2.37. The molecule has 0 spiro atoms. The number of nitriles is 1. The second-order valence-electron chi connectivity index (χ2n) is 11.1. The summed E-state index contributed by atoms with van der Waals surface area (Å²) in [6.07, 6.45) is 4.88. The largest absolute Gasteiger partial charge is 0.397 e. The van der Waals surface area contributed by atoms with Crippen molar-refractivity contribution in [2.45, 2.75) is 26.8 Å². The first kappa shape index (κ1) is 33.1. The van der Waals surface area contributed by atoms with Gasteiger partial charge in [-0.15, -0.1) is 0 Å². The van der Waals surface area contributed by atoms with E-state index in [1.807, 2.05) is 31.7 Å². The molecule has 1 aromatic carbocycles.